The number of carbonyl (C=O) groups is 1. The van der Waals surface area contributed by atoms with Crippen molar-refractivity contribution in [3.8, 4) is 0 Å². The maximum absolute atomic E-state index is 11.6. The number of halogens is 1. The van der Waals surface area contributed by atoms with Crippen molar-refractivity contribution in [1.82, 2.24) is 5.32 Å². The summed E-state index contributed by atoms with van der Waals surface area (Å²) in [5.74, 6) is 0.0775. The van der Waals surface area contributed by atoms with Crippen LogP contribution in [-0.2, 0) is 9.53 Å². The lowest BCUT2D eigenvalue weighted by atomic mass is 10.0. The second kappa shape index (κ2) is 4.49. The first-order valence-electron chi connectivity index (χ1n) is 4.94. The molecule has 0 radical (unpaired) electrons. The fourth-order valence-corrected chi connectivity index (χ4v) is 1.69. The SMILES string of the molecule is CC(C)(C)NC(=O)C(Cl)C1CCOC1. The zero-order valence-electron chi connectivity index (χ0n) is 8.97. The van der Waals surface area contributed by atoms with E-state index in [0.29, 0.717) is 6.61 Å². The maximum atomic E-state index is 11.6. The van der Waals surface area contributed by atoms with E-state index in [0.717, 1.165) is 13.0 Å². The van der Waals surface area contributed by atoms with E-state index >= 15 is 0 Å². The van der Waals surface area contributed by atoms with Crippen molar-refractivity contribution in [2.45, 2.75) is 38.1 Å². The van der Waals surface area contributed by atoms with Gasteiger partial charge in [-0.1, -0.05) is 0 Å². The average molecular weight is 220 g/mol. The van der Waals surface area contributed by atoms with Gasteiger partial charge in [-0.2, -0.15) is 0 Å². The molecule has 0 aromatic heterocycles. The Morgan fingerprint density at radius 2 is 2.21 bits per heavy atom. The summed E-state index contributed by atoms with van der Waals surface area (Å²) >= 11 is 6.05. The largest absolute Gasteiger partial charge is 0.381 e. The number of carbonyl (C=O) groups excluding carboxylic acids is 1. The molecule has 3 nitrogen and oxygen atoms in total. The third kappa shape index (κ3) is 3.46. The molecule has 0 saturated carbocycles. The molecule has 82 valence electrons. The number of rotatable bonds is 2. The van der Waals surface area contributed by atoms with Gasteiger partial charge in [0.25, 0.3) is 0 Å². The van der Waals surface area contributed by atoms with Crippen LogP contribution in [0.5, 0.6) is 0 Å². The van der Waals surface area contributed by atoms with Crippen molar-refractivity contribution in [2.75, 3.05) is 13.2 Å². The van der Waals surface area contributed by atoms with Gasteiger partial charge < -0.3 is 10.1 Å². The standard InChI is InChI=1S/C10H18ClNO2/c1-10(2,3)12-9(13)8(11)7-4-5-14-6-7/h7-8H,4-6H2,1-3H3,(H,12,13). The summed E-state index contributed by atoms with van der Waals surface area (Å²) < 4.78 is 5.19. The number of nitrogens with one attached hydrogen (secondary N) is 1. The smallest absolute Gasteiger partial charge is 0.238 e. The number of ether oxygens (including phenoxy) is 1. The van der Waals surface area contributed by atoms with Crippen molar-refractivity contribution < 1.29 is 9.53 Å². The van der Waals surface area contributed by atoms with Crippen LogP contribution in [0.25, 0.3) is 0 Å². The minimum atomic E-state index is -0.461. The first-order valence-corrected chi connectivity index (χ1v) is 5.37. The van der Waals surface area contributed by atoms with E-state index in [1.807, 2.05) is 20.8 Å². The molecule has 2 unspecified atom stereocenters. The van der Waals surface area contributed by atoms with Gasteiger partial charge in [0.1, 0.15) is 5.38 Å². The molecule has 1 rings (SSSR count). The van der Waals surface area contributed by atoms with E-state index in [1.54, 1.807) is 0 Å². The number of hydrogen-bond donors (Lipinski definition) is 1. The van der Waals surface area contributed by atoms with Gasteiger partial charge in [0.05, 0.1) is 6.61 Å². The lowest BCUT2D eigenvalue weighted by molar-refractivity contribution is -0.123. The van der Waals surface area contributed by atoms with Crippen LogP contribution in [-0.4, -0.2) is 30.0 Å². The van der Waals surface area contributed by atoms with Gasteiger partial charge in [-0.3, -0.25) is 4.79 Å². The molecule has 1 aliphatic heterocycles. The summed E-state index contributed by atoms with van der Waals surface area (Å²) in [4.78, 5) is 11.6. The van der Waals surface area contributed by atoms with Gasteiger partial charge in [0, 0.05) is 18.1 Å². The summed E-state index contributed by atoms with van der Waals surface area (Å²) in [5, 5.41) is 2.41. The van der Waals surface area contributed by atoms with Crippen LogP contribution < -0.4 is 5.32 Å². The number of alkyl halides is 1. The predicted molar refractivity (Wildman–Crippen MR) is 56.5 cm³/mol. The molecule has 2 atom stereocenters. The molecule has 1 N–H and O–H groups in total. The third-order valence-electron chi connectivity index (χ3n) is 2.13. The Hall–Kier alpha value is -0.280. The summed E-state index contributed by atoms with van der Waals surface area (Å²) in [6, 6.07) is 0. The topological polar surface area (TPSA) is 38.3 Å². The average Bonchev–Trinajstić information content (AvgIpc) is 2.51. The summed E-state index contributed by atoms with van der Waals surface area (Å²) in [7, 11) is 0. The molecule has 1 heterocycles. The first-order chi connectivity index (χ1) is 6.40. The molecule has 0 spiro atoms. The zero-order valence-corrected chi connectivity index (χ0v) is 9.73. The van der Waals surface area contributed by atoms with Crippen LogP contribution >= 0.6 is 11.6 Å². The van der Waals surface area contributed by atoms with Gasteiger partial charge in [-0.25, -0.2) is 0 Å². The van der Waals surface area contributed by atoms with Crippen molar-refractivity contribution in [3.05, 3.63) is 0 Å². The van der Waals surface area contributed by atoms with Gasteiger partial charge in [-0.05, 0) is 27.2 Å². The fraction of sp³-hybridized carbons (Fsp3) is 0.900. The van der Waals surface area contributed by atoms with Crippen LogP contribution in [0.3, 0.4) is 0 Å². The Labute approximate surface area is 90.1 Å². The zero-order chi connectivity index (χ0) is 10.8. The molecule has 4 heteroatoms. The van der Waals surface area contributed by atoms with Crippen LogP contribution in [0.4, 0.5) is 0 Å². The van der Waals surface area contributed by atoms with Crippen LogP contribution in [0, 0.1) is 5.92 Å². The quantitative estimate of drug-likeness (QED) is 0.716. The second-order valence-corrected chi connectivity index (χ2v) is 5.23. The molecule has 14 heavy (non-hydrogen) atoms. The highest BCUT2D eigenvalue weighted by molar-refractivity contribution is 6.31. The molecular weight excluding hydrogens is 202 g/mol. The summed E-state index contributed by atoms with van der Waals surface area (Å²) in [6.07, 6.45) is 0.881. The lowest BCUT2D eigenvalue weighted by Crippen LogP contribution is -2.46. The fourth-order valence-electron chi connectivity index (χ4n) is 1.44. The summed E-state index contributed by atoms with van der Waals surface area (Å²) in [6.45, 7) is 7.15. The normalized spacial score (nSPS) is 24.7. The maximum Gasteiger partial charge on any atom is 0.238 e. The summed E-state index contributed by atoms with van der Waals surface area (Å²) in [5.41, 5.74) is -0.219. The highest BCUT2D eigenvalue weighted by Crippen LogP contribution is 2.21. The van der Waals surface area contributed by atoms with E-state index < -0.39 is 5.38 Å². The lowest BCUT2D eigenvalue weighted by Gasteiger charge is -2.24. The monoisotopic (exact) mass is 219 g/mol. The number of hydrogen-bond acceptors (Lipinski definition) is 2. The van der Waals surface area contributed by atoms with E-state index in [-0.39, 0.29) is 17.4 Å². The molecule has 1 fully saturated rings. The number of amides is 1. The first kappa shape index (κ1) is 11.8. The van der Waals surface area contributed by atoms with Gasteiger partial charge in [0.15, 0.2) is 0 Å². The minimum absolute atomic E-state index is 0.0883. The Bertz CT molecular complexity index is 207. The Kier molecular flexibility index (Phi) is 3.78. The molecule has 0 bridgehead atoms. The molecule has 0 aromatic rings. The molecule has 0 aliphatic carbocycles. The second-order valence-electron chi connectivity index (χ2n) is 4.76. The van der Waals surface area contributed by atoms with Gasteiger partial charge >= 0.3 is 0 Å². The minimum Gasteiger partial charge on any atom is -0.381 e. The van der Waals surface area contributed by atoms with Crippen molar-refractivity contribution in [2.24, 2.45) is 5.92 Å². The van der Waals surface area contributed by atoms with E-state index in [9.17, 15) is 4.79 Å². The van der Waals surface area contributed by atoms with Crippen LogP contribution in [0.15, 0.2) is 0 Å². The van der Waals surface area contributed by atoms with Crippen molar-refractivity contribution in [3.63, 3.8) is 0 Å². The molecular formula is C10H18ClNO2. The Morgan fingerprint density at radius 1 is 1.57 bits per heavy atom. The molecule has 1 aliphatic rings. The van der Waals surface area contributed by atoms with Crippen molar-refractivity contribution in [1.29, 1.82) is 0 Å². The highest BCUT2D eigenvalue weighted by atomic mass is 35.5. The predicted octanol–water partition coefficient (Wildman–Crippen LogP) is 1.54. The van der Waals surface area contributed by atoms with E-state index in [2.05, 4.69) is 5.32 Å². The Balaban J connectivity index is 2.43. The molecule has 0 aromatic carbocycles. The Morgan fingerprint density at radius 3 is 2.64 bits per heavy atom. The molecule has 1 amide bonds. The van der Waals surface area contributed by atoms with Crippen LogP contribution in [0.2, 0.25) is 0 Å². The molecule has 1 saturated heterocycles. The van der Waals surface area contributed by atoms with Crippen molar-refractivity contribution >= 4 is 17.5 Å². The van der Waals surface area contributed by atoms with E-state index in [4.69, 9.17) is 16.3 Å². The highest BCUT2D eigenvalue weighted by Gasteiger charge is 2.31. The third-order valence-corrected chi connectivity index (χ3v) is 2.68. The van der Waals surface area contributed by atoms with Gasteiger partial charge in [-0.15, -0.1) is 11.6 Å². The van der Waals surface area contributed by atoms with Crippen LogP contribution in [0.1, 0.15) is 27.2 Å². The van der Waals surface area contributed by atoms with Gasteiger partial charge in [0.2, 0.25) is 5.91 Å². The van der Waals surface area contributed by atoms with E-state index in [1.165, 1.54) is 0 Å².